The van der Waals surface area contributed by atoms with E-state index in [9.17, 15) is 43.5 Å². The van der Waals surface area contributed by atoms with E-state index in [2.05, 4.69) is 42.2 Å². The fourth-order valence-electron chi connectivity index (χ4n) is 4.66. The van der Waals surface area contributed by atoms with Gasteiger partial charge < -0.3 is 59.5 Å². The van der Waals surface area contributed by atoms with Crippen LogP contribution >= 0.6 is 11.8 Å². The second kappa shape index (κ2) is 22.1. The molecule has 7 amide bonds. The van der Waals surface area contributed by atoms with Gasteiger partial charge in [-0.25, -0.2) is 0 Å². The highest BCUT2D eigenvalue weighted by atomic mass is 32.2. The van der Waals surface area contributed by atoms with Gasteiger partial charge in [0.15, 0.2) is 5.96 Å². The predicted octanol–water partition coefficient (Wildman–Crippen LogP) is -4.53. The molecule has 1 fully saturated rings. The summed E-state index contributed by atoms with van der Waals surface area (Å²) in [6.45, 7) is 4.34. The fraction of sp³-hybridized carbons (Fsp3) is 0.690. The van der Waals surface area contributed by atoms with E-state index in [1.807, 2.05) is 0 Å². The summed E-state index contributed by atoms with van der Waals surface area (Å²) in [4.78, 5) is 106. The Morgan fingerprint density at radius 2 is 1.40 bits per heavy atom. The van der Waals surface area contributed by atoms with Gasteiger partial charge in [0.1, 0.15) is 42.3 Å². The molecule has 0 aliphatic carbocycles. The van der Waals surface area contributed by atoms with Crippen molar-refractivity contribution in [3.8, 4) is 0 Å². The summed E-state index contributed by atoms with van der Waals surface area (Å²) < 4.78 is 0. The van der Waals surface area contributed by atoms with Crippen LogP contribution in [0.4, 0.5) is 0 Å². The number of amides is 7. The number of carbonyl (C=O) groups excluding carboxylic acids is 7. The smallest absolute Gasteiger partial charge is 0.323 e. The second-order valence-electron chi connectivity index (χ2n) is 11.7. The molecule has 0 aromatic heterocycles. The van der Waals surface area contributed by atoms with Gasteiger partial charge in [-0.05, 0) is 64.4 Å². The SMILES string of the molecule is CSCC[C@@H]1NC(=O)[C@H](C)NC(=O)[C@H](CCCCNC(=O)[C@H](CCCN=C(N)N)NC(C)=O)NC(=O)[C@H](C(N)C(=O)O)NC(=O)[C@H](C)NC1=O. The highest BCUT2D eigenvalue weighted by Crippen LogP contribution is 2.07. The van der Waals surface area contributed by atoms with E-state index >= 15 is 0 Å². The molecule has 0 saturated carbocycles. The van der Waals surface area contributed by atoms with Crippen LogP contribution in [0.3, 0.4) is 0 Å². The van der Waals surface area contributed by atoms with Crippen LogP contribution in [0.5, 0.6) is 0 Å². The molecule has 1 heterocycles. The van der Waals surface area contributed by atoms with E-state index in [1.165, 1.54) is 32.5 Å². The zero-order valence-electron chi connectivity index (χ0n) is 28.7. The number of carboxylic acid groups (broad SMARTS) is 1. The Bertz CT molecular complexity index is 1260. The Morgan fingerprint density at radius 3 is 1.94 bits per heavy atom. The number of nitrogens with one attached hydrogen (secondary N) is 7. The first-order valence-corrected chi connectivity index (χ1v) is 17.5. The molecule has 0 aromatic rings. The van der Waals surface area contributed by atoms with Gasteiger partial charge in [-0.1, -0.05) is 0 Å². The summed E-state index contributed by atoms with van der Waals surface area (Å²) in [5.74, 6) is -6.34. The quantitative estimate of drug-likeness (QED) is 0.0406. The number of rotatable bonds is 16. The molecule has 1 saturated heterocycles. The van der Waals surface area contributed by atoms with Gasteiger partial charge in [0.25, 0.3) is 0 Å². The molecule has 20 nitrogen and oxygen atoms in total. The van der Waals surface area contributed by atoms with Crippen molar-refractivity contribution in [2.24, 2.45) is 22.2 Å². The van der Waals surface area contributed by atoms with Crippen molar-refractivity contribution < 1.29 is 43.5 Å². The molecule has 21 heteroatoms. The summed E-state index contributed by atoms with van der Waals surface area (Å²) in [7, 11) is 0. The summed E-state index contributed by atoms with van der Waals surface area (Å²) >= 11 is 1.42. The molecule has 1 aliphatic rings. The van der Waals surface area contributed by atoms with E-state index < -0.39 is 89.6 Å². The zero-order chi connectivity index (χ0) is 38.0. The Hall–Kier alpha value is -4.66. The normalized spacial score (nSPS) is 23.2. The second-order valence-corrected chi connectivity index (χ2v) is 12.7. The molecule has 0 bridgehead atoms. The predicted molar refractivity (Wildman–Crippen MR) is 184 cm³/mol. The van der Waals surface area contributed by atoms with Crippen molar-refractivity contribution in [2.45, 2.75) is 102 Å². The number of nitrogens with two attached hydrogens (primary N) is 3. The van der Waals surface area contributed by atoms with Crippen LogP contribution < -0.4 is 54.4 Å². The largest absolute Gasteiger partial charge is 0.480 e. The van der Waals surface area contributed by atoms with E-state index in [0.29, 0.717) is 18.6 Å². The average Bonchev–Trinajstić information content (AvgIpc) is 3.04. The zero-order valence-corrected chi connectivity index (χ0v) is 29.5. The lowest BCUT2D eigenvalue weighted by molar-refractivity contribution is -0.143. The topological polar surface area (TPSA) is 331 Å². The molecule has 0 radical (unpaired) electrons. The fourth-order valence-corrected chi connectivity index (χ4v) is 5.13. The Kier molecular flexibility index (Phi) is 19.2. The standard InChI is InChI=1S/C29H51N11O9S/c1-14-22(42)38-19(10-13-50-4)26(46)36-15(2)23(43)40-21(20(30)28(48)49)27(47)39-18(25(45)35-14)8-5-6-11-33-24(44)17(37-16(3)41)9-7-12-34-29(31)32/h14-15,17-21H,5-13,30H2,1-4H3,(H,33,44)(H,35,45)(H,36,46)(H,37,41)(H,38,42)(H,39,47)(H,40,43)(H,48,49)(H4,31,32,34)/t14-,15-,17-,18-,19-,20?,21-/m0/s1. The molecule has 282 valence electrons. The lowest BCUT2D eigenvalue weighted by Gasteiger charge is -2.26. The number of unbranched alkanes of at least 4 members (excludes halogenated alkanes) is 1. The van der Waals surface area contributed by atoms with Crippen LogP contribution in [0.25, 0.3) is 0 Å². The van der Waals surface area contributed by atoms with Gasteiger partial charge in [0.05, 0.1) is 0 Å². The van der Waals surface area contributed by atoms with Crippen LogP contribution in [0.1, 0.15) is 59.3 Å². The molecule has 50 heavy (non-hydrogen) atoms. The first kappa shape index (κ1) is 43.4. The number of carboxylic acids is 1. The van der Waals surface area contributed by atoms with Gasteiger partial charge in [-0.3, -0.25) is 43.3 Å². The van der Waals surface area contributed by atoms with E-state index in [-0.39, 0.29) is 44.7 Å². The molecule has 7 atom stereocenters. The van der Waals surface area contributed by atoms with Gasteiger partial charge >= 0.3 is 5.97 Å². The number of thioether (sulfide) groups is 1. The molecule has 1 unspecified atom stereocenters. The highest BCUT2D eigenvalue weighted by molar-refractivity contribution is 7.98. The number of aliphatic carboxylic acids is 1. The molecule has 0 spiro atoms. The van der Waals surface area contributed by atoms with Crippen LogP contribution in [0, 0.1) is 0 Å². The lowest BCUT2D eigenvalue weighted by atomic mass is 10.0. The molecule has 14 N–H and O–H groups in total. The van der Waals surface area contributed by atoms with Crippen LogP contribution in [-0.2, 0) is 38.4 Å². The van der Waals surface area contributed by atoms with Crippen LogP contribution in [0.2, 0.25) is 0 Å². The number of hydrogen-bond acceptors (Lipinski definition) is 11. The Balaban J connectivity index is 3.15. The number of aliphatic imine (C=N–C) groups is 1. The van der Waals surface area contributed by atoms with Crippen molar-refractivity contribution in [3.63, 3.8) is 0 Å². The lowest BCUT2D eigenvalue weighted by Crippen LogP contribution is -2.63. The number of carbonyl (C=O) groups is 8. The molecule has 1 rings (SSSR count). The van der Waals surface area contributed by atoms with Gasteiger partial charge in [0.2, 0.25) is 41.4 Å². The third-order valence-electron chi connectivity index (χ3n) is 7.46. The van der Waals surface area contributed by atoms with Gasteiger partial charge in [-0.15, -0.1) is 0 Å². The maximum atomic E-state index is 13.4. The van der Waals surface area contributed by atoms with Gasteiger partial charge in [0, 0.05) is 20.0 Å². The minimum absolute atomic E-state index is 0.0365. The Labute approximate surface area is 294 Å². The van der Waals surface area contributed by atoms with Gasteiger partial charge in [-0.2, -0.15) is 11.8 Å². The summed E-state index contributed by atoms with van der Waals surface area (Å²) in [6.07, 6.45) is 3.19. The average molecular weight is 730 g/mol. The summed E-state index contributed by atoms with van der Waals surface area (Å²) in [5, 5.41) is 27.0. The van der Waals surface area contributed by atoms with E-state index in [0.717, 1.165) is 0 Å². The van der Waals surface area contributed by atoms with E-state index in [1.54, 1.807) is 6.26 Å². The molecular weight excluding hydrogens is 678 g/mol. The first-order chi connectivity index (χ1) is 23.5. The highest BCUT2D eigenvalue weighted by Gasteiger charge is 2.37. The first-order valence-electron chi connectivity index (χ1n) is 16.1. The molecular formula is C29H51N11O9S. The monoisotopic (exact) mass is 729 g/mol. The van der Waals surface area contributed by atoms with E-state index in [4.69, 9.17) is 17.2 Å². The van der Waals surface area contributed by atoms with Crippen LogP contribution in [-0.4, -0.2) is 126 Å². The van der Waals surface area contributed by atoms with Crippen LogP contribution in [0.15, 0.2) is 4.99 Å². The third-order valence-corrected chi connectivity index (χ3v) is 8.11. The maximum absolute atomic E-state index is 13.4. The Morgan fingerprint density at radius 1 is 0.840 bits per heavy atom. The van der Waals surface area contributed by atoms with Crippen molar-refractivity contribution in [1.29, 1.82) is 0 Å². The third kappa shape index (κ3) is 15.7. The minimum atomic E-state index is -1.93. The number of guanidine groups is 1. The number of nitrogens with zero attached hydrogens (tertiary/aromatic N) is 1. The van der Waals surface area contributed by atoms with Crippen molar-refractivity contribution in [3.05, 3.63) is 0 Å². The van der Waals surface area contributed by atoms with Crippen molar-refractivity contribution >= 4 is 65.0 Å². The van der Waals surface area contributed by atoms with Crippen molar-refractivity contribution in [1.82, 2.24) is 37.2 Å². The van der Waals surface area contributed by atoms with Crippen molar-refractivity contribution in [2.75, 3.05) is 25.1 Å². The summed E-state index contributed by atoms with van der Waals surface area (Å²) in [6, 6.07) is -9.44. The maximum Gasteiger partial charge on any atom is 0.323 e. The molecule has 0 aromatic carbocycles. The minimum Gasteiger partial charge on any atom is -0.480 e. The summed E-state index contributed by atoms with van der Waals surface area (Å²) in [5.41, 5.74) is 16.4. The number of hydrogen-bond donors (Lipinski definition) is 11. The molecule has 1 aliphatic heterocycles.